The number of carbonyl (C=O) groups is 2. The van der Waals surface area contributed by atoms with E-state index in [1.54, 1.807) is 0 Å². The van der Waals surface area contributed by atoms with Gasteiger partial charge in [0.25, 0.3) is 0 Å². The quantitative estimate of drug-likeness (QED) is 0.539. The van der Waals surface area contributed by atoms with Crippen molar-refractivity contribution in [2.45, 2.75) is 38.9 Å². The van der Waals surface area contributed by atoms with Crippen LogP contribution < -0.4 is 0 Å². The average Bonchev–Trinajstić information content (AvgIpc) is 2.86. The van der Waals surface area contributed by atoms with Crippen LogP contribution in [0.4, 0.5) is 0 Å². The zero-order valence-electron chi connectivity index (χ0n) is 12.3. The van der Waals surface area contributed by atoms with E-state index in [9.17, 15) is 9.59 Å². The van der Waals surface area contributed by atoms with Gasteiger partial charge in [0.1, 0.15) is 11.7 Å². The molecule has 0 unspecified atom stereocenters. The van der Waals surface area contributed by atoms with Crippen LogP contribution in [0.25, 0.3) is 0 Å². The van der Waals surface area contributed by atoms with Crippen molar-refractivity contribution in [1.82, 2.24) is 0 Å². The summed E-state index contributed by atoms with van der Waals surface area (Å²) < 4.78 is 16.8. The van der Waals surface area contributed by atoms with Gasteiger partial charge in [0.2, 0.25) is 0 Å². The van der Waals surface area contributed by atoms with E-state index in [0.29, 0.717) is 32.5 Å². The summed E-state index contributed by atoms with van der Waals surface area (Å²) >= 11 is 0. The van der Waals surface area contributed by atoms with Gasteiger partial charge in [-0.3, -0.25) is 9.59 Å². The summed E-state index contributed by atoms with van der Waals surface area (Å²) in [7, 11) is 1.34. The minimum absolute atomic E-state index is 0.0103. The molecule has 112 valence electrons. The first-order chi connectivity index (χ1) is 9.36. The van der Waals surface area contributed by atoms with Crippen LogP contribution in [0.1, 0.15) is 33.1 Å². The van der Waals surface area contributed by atoms with Crippen molar-refractivity contribution in [3.63, 3.8) is 0 Å². The first-order valence-electron chi connectivity index (χ1n) is 7.24. The highest BCUT2D eigenvalue weighted by Crippen LogP contribution is 2.53. The molecule has 3 fully saturated rings. The molecule has 2 saturated carbocycles. The zero-order chi connectivity index (χ0) is 14.5. The molecule has 0 aromatic carbocycles. The molecule has 3 rings (SSSR count). The van der Waals surface area contributed by atoms with Crippen LogP contribution in [0.3, 0.4) is 0 Å². The summed E-state index contributed by atoms with van der Waals surface area (Å²) in [5.41, 5.74) is 0.0283. The van der Waals surface area contributed by atoms with Crippen LogP contribution in [-0.4, -0.2) is 37.9 Å². The Hall–Kier alpha value is -0.940. The molecule has 0 radical (unpaired) electrons. The van der Waals surface area contributed by atoms with Gasteiger partial charge in [-0.1, -0.05) is 13.8 Å². The second-order valence-electron chi connectivity index (χ2n) is 7.16. The van der Waals surface area contributed by atoms with E-state index in [0.717, 1.165) is 0 Å². The molecule has 0 amide bonds. The molecule has 5 heteroatoms. The van der Waals surface area contributed by atoms with Crippen LogP contribution in [-0.2, 0) is 23.8 Å². The molecule has 1 saturated heterocycles. The summed E-state index contributed by atoms with van der Waals surface area (Å²) in [6.07, 6.45) is 1.79. The third kappa shape index (κ3) is 2.17. The average molecular weight is 282 g/mol. The molecule has 20 heavy (non-hydrogen) atoms. The normalized spacial score (nSPS) is 38.0. The van der Waals surface area contributed by atoms with Crippen molar-refractivity contribution in [1.29, 1.82) is 0 Å². The number of hydrogen-bond donors (Lipinski definition) is 0. The van der Waals surface area contributed by atoms with Crippen LogP contribution >= 0.6 is 0 Å². The topological polar surface area (TPSA) is 61.8 Å². The predicted molar refractivity (Wildman–Crippen MR) is 69.8 cm³/mol. The minimum atomic E-state index is -0.619. The van der Waals surface area contributed by atoms with Gasteiger partial charge in [-0.2, -0.15) is 0 Å². The van der Waals surface area contributed by atoms with Crippen molar-refractivity contribution < 1.29 is 23.8 Å². The molecule has 3 atom stereocenters. The molecular weight excluding hydrogens is 260 g/mol. The second-order valence-corrected chi connectivity index (χ2v) is 7.16. The van der Waals surface area contributed by atoms with Crippen molar-refractivity contribution in [2.24, 2.45) is 23.2 Å². The smallest absolute Gasteiger partial charge is 0.316 e. The Kier molecular flexibility index (Phi) is 3.18. The van der Waals surface area contributed by atoms with Crippen LogP contribution in [0.15, 0.2) is 0 Å². The fraction of sp³-hybridized carbons (Fsp3) is 0.867. The van der Waals surface area contributed by atoms with Crippen LogP contribution in [0, 0.1) is 23.2 Å². The van der Waals surface area contributed by atoms with Gasteiger partial charge < -0.3 is 14.2 Å². The summed E-state index contributed by atoms with van der Waals surface area (Å²) in [6.45, 7) is 5.53. The molecule has 2 aliphatic carbocycles. The maximum Gasteiger partial charge on any atom is 0.316 e. The highest BCUT2D eigenvalue weighted by molar-refractivity contribution is 6.01. The largest absolute Gasteiger partial charge is 0.468 e. The Balaban J connectivity index is 1.74. The van der Waals surface area contributed by atoms with E-state index >= 15 is 0 Å². The number of Topliss-reactive ketones (excluding diaryl/α,β-unsaturated/α-hetero) is 1. The van der Waals surface area contributed by atoms with Gasteiger partial charge in [-0.15, -0.1) is 0 Å². The monoisotopic (exact) mass is 282 g/mol. The van der Waals surface area contributed by atoms with Crippen LogP contribution in [0.5, 0.6) is 0 Å². The first-order valence-corrected chi connectivity index (χ1v) is 7.24. The fourth-order valence-electron chi connectivity index (χ4n) is 3.80. The Morgan fingerprint density at radius 1 is 1.25 bits per heavy atom. The SMILES string of the molecule is COC(=O)[C@@H]1C(=O)C[C@H]2CC3(C[C@@H]21)OCC(C)(C)CO3. The number of ketones is 1. The fourth-order valence-corrected chi connectivity index (χ4v) is 3.80. The molecule has 3 aliphatic rings. The van der Waals surface area contributed by atoms with Crippen molar-refractivity contribution >= 4 is 11.8 Å². The minimum Gasteiger partial charge on any atom is -0.468 e. The van der Waals surface area contributed by atoms with E-state index in [1.807, 2.05) is 0 Å². The molecular formula is C15H22O5. The number of esters is 1. The molecule has 1 aliphatic heterocycles. The molecule has 1 heterocycles. The van der Waals surface area contributed by atoms with E-state index < -0.39 is 17.7 Å². The number of rotatable bonds is 1. The number of hydrogen-bond acceptors (Lipinski definition) is 5. The van der Waals surface area contributed by atoms with Crippen molar-refractivity contribution in [2.75, 3.05) is 20.3 Å². The lowest BCUT2D eigenvalue weighted by atomic mass is 9.91. The summed E-state index contributed by atoms with van der Waals surface area (Å²) in [6, 6.07) is 0. The molecule has 1 spiro atoms. The maximum absolute atomic E-state index is 12.0. The summed E-state index contributed by atoms with van der Waals surface area (Å²) in [4.78, 5) is 23.8. The number of methoxy groups -OCH3 is 1. The Morgan fingerprint density at radius 2 is 1.90 bits per heavy atom. The Labute approximate surface area is 118 Å². The zero-order valence-corrected chi connectivity index (χ0v) is 12.3. The van der Waals surface area contributed by atoms with E-state index in [2.05, 4.69) is 13.8 Å². The van der Waals surface area contributed by atoms with Gasteiger partial charge in [0.05, 0.1) is 20.3 Å². The standard InChI is InChI=1S/C15H22O5/c1-14(2)7-19-15(20-8-14)5-9-4-11(16)12(10(9)6-15)13(17)18-3/h9-10,12H,4-8H2,1-3H3/t9-,10-,12-/m0/s1. The third-order valence-corrected chi connectivity index (χ3v) is 4.87. The molecule has 0 N–H and O–H groups in total. The van der Waals surface area contributed by atoms with E-state index in [-0.39, 0.29) is 23.0 Å². The highest BCUT2D eigenvalue weighted by atomic mass is 16.7. The first kappa shape index (κ1) is 14.0. The third-order valence-electron chi connectivity index (χ3n) is 4.87. The Bertz CT molecular complexity index is 424. The predicted octanol–water partition coefficient (Wildman–Crippen LogP) is 1.54. The summed E-state index contributed by atoms with van der Waals surface area (Å²) in [5.74, 6) is -1.40. The van der Waals surface area contributed by atoms with Gasteiger partial charge in [-0.25, -0.2) is 0 Å². The number of carbonyl (C=O) groups excluding carboxylic acids is 2. The lowest BCUT2D eigenvalue weighted by molar-refractivity contribution is -0.297. The van der Waals surface area contributed by atoms with Crippen LogP contribution in [0.2, 0.25) is 0 Å². The lowest BCUT2D eigenvalue weighted by Gasteiger charge is -2.42. The van der Waals surface area contributed by atoms with Gasteiger partial charge in [-0.05, 0) is 11.8 Å². The summed E-state index contributed by atoms with van der Waals surface area (Å²) in [5, 5.41) is 0. The van der Waals surface area contributed by atoms with Gasteiger partial charge in [0.15, 0.2) is 5.79 Å². The van der Waals surface area contributed by atoms with E-state index in [1.165, 1.54) is 7.11 Å². The molecule has 0 bridgehead atoms. The van der Waals surface area contributed by atoms with Gasteiger partial charge >= 0.3 is 5.97 Å². The van der Waals surface area contributed by atoms with Crippen molar-refractivity contribution in [3.05, 3.63) is 0 Å². The number of fused-ring (bicyclic) bond motifs is 1. The molecule has 5 nitrogen and oxygen atoms in total. The molecule has 0 aromatic rings. The maximum atomic E-state index is 12.0. The Morgan fingerprint density at radius 3 is 2.50 bits per heavy atom. The second kappa shape index (κ2) is 4.53. The van der Waals surface area contributed by atoms with E-state index in [4.69, 9.17) is 14.2 Å². The van der Waals surface area contributed by atoms with Crippen molar-refractivity contribution in [3.8, 4) is 0 Å². The van der Waals surface area contributed by atoms with Gasteiger partial charge in [0, 0.05) is 24.7 Å². The molecule has 0 aromatic heterocycles. The highest BCUT2D eigenvalue weighted by Gasteiger charge is 2.59. The lowest BCUT2D eigenvalue weighted by Crippen LogP contribution is -2.46. The number of ether oxygens (including phenoxy) is 3.